The molecular weight excluding hydrogens is 589 g/mol. The summed E-state index contributed by atoms with van der Waals surface area (Å²) in [6.45, 7) is 11.5. The minimum Gasteiger partial charge on any atom is -0.507 e. The second-order valence-electron chi connectivity index (χ2n) is 11.1. The number of nitrogens with zero attached hydrogens (tertiary/aromatic N) is 6. The maximum absolute atomic E-state index is 14.2. The van der Waals surface area contributed by atoms with Crippen LogP contribution in [0, 0.1) is 6.92 Å². The fraction of sp³-hybridized carbons (Fsp3) is 0.323. The van der Waals surface area contributed by atoms with E-state index in [1.807, 2.05) is 26.8 Å². The quantitative estimate of drug-likeness (QED) is 0.295. The summed E-state index contributed by atoms with van der Waals surface area (Å²) in [5.74, 6) is 0.204. The van der Waals surface area contributed by atoms with Crippen molar-refractivity contribution >= 4 is 51.6 Å². The van der Waals surface area contributed by atoms with Gasteiger partial charge in [-0.15, -0.1) is 0 Å². The maximum atomic E-state index is 14.2. The van der Waals surface area contributed by atoms with Crippen molar-refractivity contribution in [3.63, 3.8) is 0 Å². The maximum Gasteiger partial charge on any atom is 0.355 e. The van der Waals surface area contributed by atoms with Crippen LogP contribution in [0.4, 0.5) is 11.5 Å². The fourth-order valence-corrected chi connectivity index (χ4v) is 6.62. The molecule has 6 rings (SSSR count). The number of aryl methyl sites for hydroxylation is 1. The standard InChI is InChI=1S/C31H31Cl2N7O3/c1-5-21(42)38-13-14-39-18(15-38)10-12-35-26-23-29(39)37-31(43)40(28-17(4)9-11-34-25(28)16(2)3)30(23)36-27(24(26)33)22-19(32)7-6-8-20(22)41/h5-9,11,16,18,35,41H,1,10,12-15H2,2-4H3. The van der Waals surface area contributed by atoms with Crippen LogP contribution in [0.5, 0.6) is 5.75 Å². The normalized spacial score (nSPS) is 16.5. The number of hydrogen-bond acceptors (Lipinski definition) is 8. The summed E-state index contributed by atoms with van der Waals surface area (Å²) in [5, 5.41) is 15.4. The Morgan fingerprint density at radius 2 is 2.00 bits per heavy atom. The van der Waals surface area contributed by atoms with Gasteiger partial charge in [-0.2, -0.15) is 4.98 Å². The number of carbonyl (C=O) groups excluding carboxylic acids is 1. The molecule has 2 aliphatic heterocycles. The fourth-order valence-electron chi connectivity index (χ4n) is 6.06. The Labute approximate surface area is 258 Å². The molecule has 1 amide bonds. The van der Waals surface area contributed by atoms with E-state index in [1.54, 1.807) is 23.2 Å². The van der Waals surface area contributed by atoms with Crippen molar-refractivity contribution in [1.82, 2.24) is 24.4 Å². The van der Waals surface area contributed by atoms with E-state index in [9.17, 15) is 14.7 Å². The molecular formula is C31H31Cl2N7O3. The number of halogens is 2. The Morgan fingerprint density at radius 1 is 1.21 bits per heavy atom. The predicted molar refractivity (Wildman–Crippen MR) is 170 cm³/mol. The number of anilines is 2. The summed E-state index contributed by atoms with van der Waals surface area (Å²) in [6, 6.07) is 6.54. The molecule has 1 unspecified atom stereocenters. The van der Waals surface area contributed by atoms with Crippen LogP contribution in [0.2, 0.25) is 10.0 Å². The summed E-state index contributed by atoms with van der Waals surface area (Å²) in [6.07, 6.45) is 3.69. The van der Waals surface area contributed by atoms with E-state index < -0.39 is 5.69 Å². The predicted octanol–water partition coefficient (Wildman–Crippen LogP) is 5.31. The number of rotatable bonds is 4. The number of hydrogen-bond donors (Lipinski definition) is 2. The Bertz CT molecular complexity index is 1840. The summed E-state index contributed by atoms with van der Waals surface area (Å²) < 4.78 is 1.49. The SMILES string of the molecule is C=CC(=O)N1CCN2c3nc(=O)n(-c4c(C)ccnc4C(C)C)c4nc(-c5c(O)cccc5Cl)c(Cl)c(c34)NCCC2C1. The van der Waals surface area contributed by atoms with Gasteiger partial charge in [-0.25, -0.2) is 14.3 Å². The minimum atomic E-state index is -0.528. The molecule has 2 N–H and O–H groups in total. The average molecular weight is 621 g/mol. The Kier molecular flexibility index (Phi) is 7.52. The van der Waals surface area contributed by atoms with Crippen LogP contribution in [0.25, 0.3) is 28.0 Å². The Morgan fingerprint density at radius 3 is 2.72 bits per heavy atom. The zero-order chi connectivity index (χ0) is 30.6. The zero-order valence-electron chi connectivity index (χ0n) is 24.1. The lowest BCUT2D eigenvalue weighted by molar-refractivity contribution is -0.126. The first-order valence-electron chi connectivity index (χ1n) is 14.1. The smallest absolute Gasteiger partial charge is 0.355 e. The van der Waals surface area contributed by atoms with Gasteiger partial charge in [-0.3, -0.25) is 9.78 Å². The molecule has 43 heavy (non-hydrogen) atoms. The number of nitrogens with one attached hydrogen (secondary N) is 1. The van der Waals surface area contributed by atoms with Crippen LogP contribution in [0.3, 0.4) is 0 Å². The minimum absolute atomic E-state index is 0.00718. The summed E-state index contributed by atoms with van der Waals surface area (Å²) >= 11 is 13.7. The lowest BCUT2D eigenvalue weighted by Crippen LogP contribution is -2.56. The van der Waals surface area contributed by atoms with Gasteiger partial charge in [0.15, 0.2) is 5.65 Å². The number of benzene rings is 1. The van der Waals surface area contributed by atoms with Crippen molar-refractivity contribution in [1.29, 1.82) is 0 Å². The highest BCUT2D eigenvalue weighted by Crippen LogP contribution is 2.46. The van der Waals surface area contributed by atoms with Gasteiger partial charge >= 0.3 is 5.69 Å². The summed E-state index contributed by atoms with van der Waals surface area (Å²) in [5.41, 5.74) is 2.94. The molecule has 4 aromatic rings. The van der Waals surface area contributed by atoms with Gasteiger partial charge in [-0.05, 0) is 49.1 Å². The van der Waals surface area contributed by atoms with Gasteiger partial charge in [-0.1, -0.05) is 49.7 Å². The molecule has 0 saturated carbocycles. The van der Waals surface area contributed by atoms with Crippen LogP contribution in [0.15, 0.2) is 47.9 Å². The molecule has 10 nitrogen and oxygen atoms in total. The van der Waals surface area contributed by atoms with Crippen molar-refractivity contribution in [2.75, 3.05) is 36.4 Å². The molecule has 0 radical (unpaired) electrons. The Balaban J connectivity index is 1.72. The Hall–Kier alpha value is -4.15. The molecule has 0 bridgehead atoms. The molecule has 1 fully saturated rings. The van der Waals surface area contributed by atoms with E-state index in [-0.39, 0.29) is 44.9 Å². The molecule has 0 aliphatic carbocycles. The second-order valence-corrected chi connectivity index (χ2v) is 11.9. The largest absolute Gasteiger partial charge is 0.507 e. The molecule has 1 saturated heterocycles. The van der Waals surface area contributed by atoms with Gasteiger partial charge in [0.2, 0.25) is 5.91 Å². The van der Waals surface area contributed by atoms with Gasteiger partial charge in [0.05, 0.1) is 43.8 Å². The third-order valence-corrected chi connectivity index (χ3v) is 8.80. The molecule has 12 heteroatoms. The van der Waals surface area contributed by atoms with E-state index in [4.69, 9.17) is 28.2 Å². The van der Waals surface area contributed by atoms with Crippen LogP contribution in [0.1, 0.15) is 37.4 Å². The van der Waals surface area contributed by atoms with E-state index in [0.29, 0.717) is 66.5 Å². The van der Waals surface area contributed by atoms with Crippen LogP contribution in [-0.2, 0) is 4.79 Å². The highest BCUT2D eigenvalue weighted by atomic mass is 35.5. The topological polar surface area (TPSA) is 116 Å². The van der Waals surface area contributed by atoms with Crippen molar-refractivity contribution in [3.8, 4) is 22.7 Å². The molecule has 1 atom stereocenters. The molecule has 1 aromatic carbocycles. The van der Waals surface area contributed by atoms with E-state index in [1.165, 1.54) is 16.7 Å². The van der Waals surface area contributed by atoms with E-state index in [0.717, 1.165) is 5.56 Å². The average Bonchev–Trinajstić information content (AvgIpc) is 2.97. The first-order valence-corrected chi connectivity index (χ1v) is 14.9. The number of phenols is 1. The molecule has 0 spiro atoms. The van der Waals surface area contributed by atoms with E-state index >= 15 is 0 Å². The third kappa shape index (κ3) is 4.78. The number of piperazine rings is 1. The zero-order valence-corrected chi connectivity index (χ0v) is 25.6. The van der Waals surface area contributed by atoms with Gasteiger partial charge < -0.3 is 20.2 Å². The lowest BCUT2D eigenvalue weighted by Gasteiger charge is -2.43. The molecule has 3 aromatic heterocycles. The summed E-state index contributed by atoms with van der Waals surface area (Å²) in [7, 11) is 0. The highest BCUT2D eigenvalue weighted by Gasteiger charge is 2.35. The number of aromatic hydroxyl groups is 1. The van der Waals surface area contributed by atoms with Crippen molar-refractivity contribution < 1.29 is 9.90 Å². The monoisotopic (exact) mass is 619 g/mol. The van der Waals surface area contributed by atoms with Crippen molar-refractivity contribution in [2.45, 2.75) is 39.2 Å². The van der Waals surface area contributed by atoms with Crippen molar-refractivity contribution in [2.24, 2.45) is 0 Å². The van der Waals surface area contributed by atoms with Gasteiger partial charge in [0, 0.05) is 38.4 Å². The van der Waals surface area contributed by atoms with Gasteiger partial charge in [0.1, 0.15) is 11.6 Å². The van der Waals surface area contributed by atoms with Crippen molar-refractivity contribution in [3.05, 3.63) is 74.9 Å². The third-order valence-electron chi connectivity index (χ3n) is 8.12. The van der Waals surface area contributed by atoms with E-state index in [2.05, 4.69) is 26.8 Å². The number of carbonyl (C=O) groups is 1. The number of fused-ring (bicyclic) bond motifs is 2. The lowest BCUT2D eigenvalue weighted by atomic mass is 10.0. The summed E-state index contributed by atoms with van der Waals surface area (Å²) in [4.78, 5) is 44.8. The highest BCUT2D eigenvalue weighted by molar-refractivity contribution is 6.39. The number of pyridine rings is 2. The number of amides is 1. The number of phenolic OH excluding ortho intramolecular Hbond substituents is 1. The molecule has 222 valence electrons. The van der Waals surface area contributed by atoms with Gasteiger partial charge in [0.25, 0.3) is 0 Å². The molecule has 2 aliphatic rings. The van der Waals surface area contributed by atoms with Crippen LogP contribution in [-0.4, -0.2) is 67.7 Å². The first-order chi connectivity index (χ1) is 20.6. The second kappa shape index (κ2) is 11.2. The van der Waals surface area contributed by atoms with Crippen LogP contribution < -0.4 is 15.9 Å². The number of aromatic nitrogens is 4. The molecule has 5 heterocycles. The van der Waals surface area contributed by atoms with Crippen LogP contribution >= 0.6 is 23.2 Å². The first kappa shape index (κ1) is 28.9.